The summed E-state index contributed by atoms with van der Waals surface area (Å²) < 4.78 is 0.843. The van der Waals surface area contributed by atoms with Gasteiger partial charge in [-0.3, -0.25) is 0 Å². The molecule has 0 radical (unpaired) electrons. The predicted molar refractivity (Wildman–Crippen MR) is 71.2 cm³/mol. The molecule has 0 bridgehead atoms. The molecule has 0 aromatic carbocycles. The molecule has 0 aliphatic heterocycles. The number of anilines is 2. The van der Waals surface area contributed by atoms with E-state index in [0.717, 1.165) is 16.4 Å². The van der Waals surface area contributed by atoms with Crippen molar-refractivity contribution in [3.05, 3.63) is 16.7 Å². The lowest BCUT2D eigenvalue weighted by Crippen LogP contribution is -2.32. The molecule has 0 amide bonds. The number of aliphatic hydroxyl groups is 1. The second kappa shape index (κ2) is 5.97. The van der Waals surface area contributed by atoms with Crippen LogP contribution in [0, 0.1) is 5.41 Å². The Hall–Kier alpha value is -1.14. The molecule has 0 aliphatic rings. The van der Waals surface area contributed by atoms with Gasteiger partial charge in [-0.15, -0.1) is 0 Å². The van der Waals surface area contributed by atoms with Gasteiger partial charge in [0.05, 0.1) is 17.7 Å². The first kappa shape index (κ1) is 13.9. The zero-order valence-corrected chi connectivity index (χ0v) is 11.4. The lowest BCUT2D eigenvalue weighted by Gasteiger charge is -2.22. The highest BCUT2D eigenvalue weighted by Crippen LogP contribution is 2.24. The molecular formula is C11H16BrN3O2. The Labute approximate surface area is 109 Å². The minimum absolute atomic E-state index is 0.195. The number of pyridine rings is 1. The maximum absolute atomic E-state index is 10.9. The third kappa shape index (κ3) is 3.67. The quantitative estimate of drug-likeness (QED) is 0.694. The van der Waals surface area contributed by atoms with Crippen molar-refractivity contribution in [2.45, 2.75) is 6.92 Å². The zero-order valence-electron chi connectivity index (χ0n) is 9.83. The van der Waals surface area contributed by atoms with Gasteiger partial charge in [0, 0.05) is 24.3 Å². The van der Waals surface area contributed by atoms with E-state index in [9.17, 15) is 4.79 Å². The molecule has 0 saturated carbocycles. The van der Waals surface area contributed by atoms with Crippen molar-refractivity contribution in [3.63, 3.8) is 0 Å². The van der Waals surface area contributed by atoms with Crippen LogP contribution >= 0.6 is 15.9 Å². The number of hydrogen-bond acceptors (Lipinski definition) is 5. The van der Waals surface area contributed by atoms with Gasteiger partial charge in [-0.25, -0.2) is 4.98 Å². The summed E-state index contributed by atoms with van der Waals surface area (Å²) in [5.74, 6) is 0.694. The summed E-state index contributed by atoms with van der Waals surface area (Å²) in [7, 11) is 1.77. The number of halogens is 1. The summed E-state index contributed by atoms with van der Waals surface area (Å²) in [6.45, 7) is 1.84. The van der Waals surface area contributed by atoms with Crippen molar-refractivity contribution in [3.8, 4) is 0 Å². The topological polar surface area (TPSA) is 74.2 Å². The van der Waals surface area contributed by atoms with Crippen molar-refractivity contribution in [2.75, 3.05) is 30.8 Å². The van der Waals surface area contributed by atoms with Gasteiger partial charge in [0.1, 0.15) is 12.1 Å². The van der Waals surface area contributed by atoms with E-state index in [1.807, 2.05) is 6.07 Å². The van der Waals surface area contributed by atoms with E-state index in [4.69, 9.17) is 5.11 Å². The summed E-state index contributed by atoms with van der Waals surface area (Å²) in [4.78, 5) is 15.0. The Bertz CT molecular complexity index is 400. The summed E-state index contributed by atoms with van der Waals surface area (Å²) >= 11 is 3.33. The molecule has 0 spiro atoms. The predicted octanol–water partition coefficient (Wildman–Crippen LogP) is 1.50. The number of aliphatic hydroxyl groups excluding tert-OH is 1. The Morgan fingerprint density at radius 3 is 2.88 bits per heavy atom. The van der Waals surface area contributed by atoms with Crippen LogP contribution in [0.1, 0.15) is 6.92 Å². The lowest BCUT2D eigenvalue weighted by atomic mass is 9.94. The van der Waals surface area contributed by atoms with Crippen LogP contribution in [0.5, 0.6) is 0 Å². The van der Waals surface area contributed by atoms with Crippen LogP contribution in [0.4, 0.5) is 11.5 Å². The van der Waals surface area contributed by atoms with E-state index in [1.54, 1.807) is 20.2 Å². The number of nitrogens with one attached hydrogen (secondary N) is 2. The third-order valence-corrected chi connectivity index (χ3v) is 2.85. The van der Waals surface area contributed by atoms with Crippen LogP contribution in [-0.4, -0.2) is 36.6 Å². The van der Waals surface area contributed by atoms with Gasteiger partial charge in [-0.1, -0.05) is 0 Å². The maximum atomic E-state index is 10.9. The Morgan fingerprint density at radius 1 is 1.65 bits per heavy atom. The Balaban J connectivity index is 2.81. The van der Waals surface area contributed by atoms with Crippen LogP contribution in [0.25, 0.3) is 0 Å². The number of rotatable bonds is 6. The van der Waals surface area contributed by atoms with Crippen molar-refractivity contribution in [1.82, 2.24) is 4.98 Å². The summed E-state index contributed by atoms with van der Waals surface area (Å²) in [5.41, 5.74) is -0.00347. The molecule has 1 heterocycles. The van der Waals surface area contributed by atoms with Crippen molar-refractivity contribution in [2.24, 2.45) is 5.41 Å². The molecule has 0 fully saturated rings. The highest BCUT2D eigenvalue weighted by atomic mass is 79.9. The minimum atomic E-state index is -0.784. The van der Waals surface area contributed by atoms with E-state index in [2.05, 4.69) is 31.5 Å². The zero-order chi connectivity index (χ0) is 12.9. The van der Waals surface area contributed by atoms with Crippen LogP contribution < -0.4 is 10.6 Å². The maximum Gasteiger partial charge on any atom is 0.149 e. The van der Waals surface area contributed by atoms with Gasteiger partial charge < -0.3 is 20.5 Å². The fourth-order valence-corrected chi connectivity index (χ4v) is 1.54. The third-order valence-electron chi connectivity index (χ3n) is 2.42. The van der Waals surface area contributed by atoms with E-state index < -0.39 is 5.41 Å². The molecule has 5 nitrogen and oxygen atoms in total. The first-order chi connectivity index (χ1) is 8.04. The second-order valence-corrected chi connectivity index (χ2v) is 5.00. The smallest absolute Gasteiger partial charge is 0.149 e. The molecule has 0 saturated heterocycles. The molecular weight excluding hydrogens is 286 g/mol. The van der Waals surface area contributed by atoms with Gasteiger partial charge in [-0.05, 0) is 28.9 Å². The van der Waals surface area contributed by atoms with Crippen LogP contribution in [0.2, 0.25) is 0 Å². The average molecular weight is 302 g/mol. The number of nitrogens with zero attached hydrogens (tertiary/aromatic N) is 1. The first-order valence-corrected chi connectivity index (χ1v) is 5.98. The molecule has 0 aliphatic carbocycles. The van der Waals surface area contributed by atoms with Crippen molar-refractivity contribution < 1.29 is 9.90 Å². The van der Waals surface area contributed by atoms with E-state index in [0.29, 0.717) is 12.4 Å². The highest BCUT2D eigenvalue weighted by molar-refractivity contribution is 9.10. The van der Waals surface area contributed by atoms with Gasteiger partial charge in [0.2, 0.25) is 0 Å². The van der Waals surface area contributed by atoms with Crippen LogP contribution in [-0.2, 0) is 4.79 Å². The number of carbonyl (C=O) groups excluding carboxylic acids is 1. The second-order valence-electron chi connectivity index (χ2n) is 4.08. The average Bonchev–Trinajstić information content (AvgIpc) is 2.36. The van der Waals surface area contributed by atoms with Gasteiger partial charge in [0.25, 0.3) is 0 Å². The SMILES string of the molecule is CNc1ncc(Br)cc1NCC(C)(C=O)CO. The standard InChI is InChI=1S/C11H16BrN3O2/c1-11(6-16,7-17)5-15-9-3-8(12)4-14-10(9)13-2/h3-4,6,15,17H,5,7H2,1-2H3,(H,13,14). The fraction of sp³-hybridized carbons (Fsp3) is 0.455. The van der Waals surface area contributed by atoms with Crippen molar-refractivity contribution in [1.29, 1.82) is 0 Å². The first-order valence-electron chi connectivity index (χ1n) is 5.19. The fourth-order valence-electron chi connectivity index (χ4n) is 1.21. The van der Waals surface area contributed by atoms with Gasteiger partial charge in [-0.2, -0.15) is 0 Å². The number of hydrogen-bond donors (Lipinski definition) is 3. The molecule has 17 heavy (non-hydrogen) atoms. The molecule has 1 aromatic rings. The van der Waals surface area contributed by atoms with Crippen molar-refractivity contribution >= 4 is 33.7 Å². The van der Waals surface area contributed by atoms with Crippen LogP contribution in [0.3, 0.4) is 0 Å². The van der Waals surface area contributed by atoms with E-state index >= 15 is 0 Å². The summed E-state index contributed by atoms with van der Waals surface area (Å²) in [5, 5.41) is 15.2. The molecule has 6 heteroatoms. The number of aldehydes is 1. The molecule has 3 N–H and O–H groups in total. The Kier molecular flexibility index (Phi) is 4.89. The molecule has 1 rings (SSSR count). The van der Waals surface area contributed by atoms with E-state index in [1.165, 1.54) is 0 Å². The summed E-state index contributed by atoms with van der Waals surface area (Å²) in [6.07, 6.45) is 2.44. The van der Waals surface area contributed by atoms with Gasteiger partial charge >= 0.3 is 0 Å². The molecule has 1 unspecified atom stereocenters. The van der Waals surface area contributed by atoms with Crippen LogP contribution in [0.15, 0.2) is 16.7 Å². The molecule has 1 atom stereocenters. The van der Waals surface area contributed by atoms with E-state index in [-0.39, 0.29) is 6.61 Å². The largest absolute Gasteiger partial charge is 0.395 e. The monoisotopic (exact) mass is 301 g/mol. The number of aromatic nitrogens is 1. The minimum Gasteiger partial charge on any atom is -0.395 e. The lowest BCUT2D eigenvalue weighted by molar-refractivity contribution is -0.116. The molecule has 1 aromatic heterocycles. The highest BCUT2D eigenvalue weighted by Gasteiger charge is 2.22. The molecule has 94 valence electrons. The number of carbonyl (C=O) groups is 1. The Morgan fingerprint density at radius 2 is 2.35 bits per heavy atom. The van der Waals surface area contributed by atoms with Gasteiger partial charge in [0.15, 0.2) is 0 Å². The summed E-state index contributed by atoms with van der Waals surface area (Å²) in [6, 6.07) is 1.86. The normalized spacial score (nSPS) is 13.9.